The van der Waals surface area contributed by atoms with Gasteiger partial charge < -0.3 is 9.84 Å². The standard InChI is InChI=1S/C9H18O2/c1-4-7(2)9(3,10)5-8-6-11-8/h7-8,10H,4-6H2,1-3H3/t7-,8-,9-/m0/s1. The highest BCUT2D eigenvalue weighted by Crippen LogP contribution is 2.29. The molecule has 1 N–H and O–H groups in total. The molecule has 1 fully saturated rings. The summed E-state index contributed by atoms with van der Waals surface area (Å²) in [6, 6.07) is 0. The van der Waals surface area contributed by atoms with Crippen LogP contribution in [0.25, 0.3) is 0 Å². The Morgan fingerprint density at radius 1 is 1.73 bits per heavy atom. The van der Waals surface area contributed by atoms with E-state index in [4.69, 9.17) is 4.74 Å². The van der Waals surface area contributed by atoms with Crippen LogP contribution < -0.4 is 0 Å². The van der Waals surface area contributed by atoms with E-state index >= 15 is 0 Å². The van der Waals surface area contributed by atoms with Crippen LogP contribution >= 0.6 is 0 Å². The first-order valence-corrected chi connectivity index (χ1v) is 4.40. The van der Waals surface area contributed by atoms with Crippen LogP contribution in [-0.4, -0.2) is 23.4 Å². The lowest BCUT2D eigenvalue weighted by molar-refractivity contribution is -0.00902. The molecule has 1 aliphatic rings. The molecule has 2 nitrogen and oxygen atoms in total. The second-order valence-electron chi connectivity index (χ2n) is 3.83. The van der Waals surface area contributed by atoms with Crippen molar-refractivity contribution in [3.05, 3.63) is 0 Å². The summed E-state index contributed by atoms with van der Waals surface area (Å²) in [7, 11) is 0. The van der Waals surface area contributed by atoms with E-state index in [9.17, 15) is 5.11 Å². The fourth-order valence-electron chi connectivity index (χ4n) is 1.29. The van der Waals surface area contributed by atoms with Crippen LogP contribution in [0.4, 0.5) is 0 Å². The Labute approximate surface area is 68.6 Å². The topological polar surface area (TPSA) is 32.8 Å². The molecule has 0 aromatic rings. The molecule has 1 aliphatic heterocycles. The van der Waals surface area contributed by atoms with Crippen LogP contribution in [0.5, 0.6) is 0 Å². The maximum Gasteiger partial charge on any atom is 0.0837 e. The average molecular weight is 158 g/mol. The van der Waals surface area contributed by atoms with Gasteiger partial charge >= 0.3 is 0 Å². The molecule has 11 heavy (non-hydrogen) atoms. The Balaban J connectivity index is 2.35. The maximum atomic E-state index is 9.91. The lowest BCUT2D eigenvalue weighted by Gasteiger charge is -2.28. The third-order valence-corrected chi connectivity index (χ3v) is 2.72. The molecule has 0 radical (unpaired) electrons. The fraction of sp³-hybridized carbons (Fsp3) is 1.00. The summed E-state index contributed by atoms with van der Waals surface area (Å²) < 4.78 is 5.08. The Hall–Kier alpha value is -0.0800. The van der Waals surface area contributed by atoms with E-state index in [1.54, 1.807) is 0 Å². The van der Waals surface area contributed by atoms with E-state index in [0.29, 0.717) is 12.0 Å². The molecule has 2 heteroatoms. The fourth-order valence-corrected chi connectivity index (χ4v) is 1.29. The molecular formula is C9H18O2. The molecule has 0 unspecified atom stereocenters. The number of ether oxygens (including phenoxy) is 1. The summed E-state index contributed by atoms with van der Waals surface area (Å²) >= 11 is 0. The van der Waals surface area contributed by atoms with Crippen LogP contribution in [0.2, 0.25) is 0 Å². The highest BCUT2D eigenvalue weighted by molar-refractivity contribution is 4.85. The summed E-state index contributed by atoms with van der Waals surface area (Å²) in [6.45, 7) is 6.94. The molecule has 0 amide bonds. The molecule has 0 saturated carbocycles. The van der Waals surface area contributed by atoms with Gasteiger partial charge in [-0.15, -0.1) is 0 Å². The first kappa shape index (κ1) is 9.01. The minimum absolute atomic E-state index is 0.332. The highest BCUT2D eigenvalue weighted by atomic mass is 16.6. The first-order chi connectivity index (χ1) is 5.06. The summed E-state index contributed by atoms with van der Waals surface area (Å²) in [5, 5.41) is 9.91. The largest absolute Gasteiger partial charge is 0.390 e. The second-order valence-corrected chi connectivity index (χ2v) is 3.83. The normalized spacial score (nSPS) is 31.1. The van der Waals surface area contributed by atoms with E-state index < -0.39 is 5.60 Å². The van der Waals surface area contributed by atoms with Gasteiger partial charge in [-0.3, -0.25) is 0 Å². The van der Waals surface area contributed by atoms with Gasteiger partial charge in [-0.1, -0.05) is 20.3 Å². The van der Waals surface area contributed by atoms with Crippen molar-refractivity contribution in [1.29, 1.82) is 0 Å². The highest BCUT2D eigenvalue weighted by Gasteiger charge is 2.35. The number of aliphatic hydroxyl groups is 1. The van der Waals surface area contributed by atoms with E-state index in [-0.39, 0.29) is 0 Å². The van der Waals surface area contributed by atoms with Gasteiger partial charge in [-0.05, 0) is 12.8 Å². The monoisotopic (exact) mass is 158 g/mol. The van der Waals surface area contributed by atoms with Gasteiger partial charge in [0, 0.05) is 6.42 Å². The molecular weight excluding hydrogens is 140 g/mol. The summed E-state index contributed by atoms with van der Waals surface area (Å²) in [6.07, 6.45) is 2.15. The molecule has 3 atom stereocenters. The first-order valence-electron chi connectivity index (χ1n) is 4.40. The Bertz CT molecular complexity index is 128. The van der Waals surface area contributed by atoms with Crippen LogP contribution in [-0.2, 0) is 4.74 Å². The summed E-state index contributed by atoms with van der Waals surface area (Å²) in [4.78, 5) is 0. The van der Waals surface area contributed by atoms with Gasteiger partial charge in [0.25, 0.3) is 0 Å². The summed E-state index contributed by atoms with van der Waals surface area (Å²) in [5.74, 6) is 0.367. The van der Waals surface area contributed by atoms with Crippen molar-refractivity contribution in [2.24, 2.45) is 5.92 Å². The smallest absolute Gasteiger partial charge is 0.0837 e. The zero-order valence-electron chi connectivity index (χ0n) is 7.63. The lowest BCUT2D eigenvalue weighted by Crippen LogP contribution is -2.33. The number of epoxide rings is 1. The van der Waals surface area contributed by atoms with Crippen molar-refractivity contribution in [3.8, 4) is 0 Å². The number of hydrogen-bond acceptors (Lipinski definition) is 2. The zero-order chi connectivity index (χ0) is 8.48. The van der Waals surface area contributed by atoms with E-state index in [1.165, 1.54) is 0 Å². The van der Waals surface area contributed by atoms with Crippen molar-refractivity contribution in [3.63, 3.8) is 0 Å². The molecule has 0 bridgehead atoms. The SMILES string of the molecule is CC[C@H](C)[C@@](C)(O)C[C@H]1CO1. The van der Waals surface area contributed by atoms with Crippen molar-refractivity contribution < 1.29 is 9.84 Å². The minimum Gasteiger partial charge on any atom is -0.390 e. The van der Waals surface area contributed by atoms with Crippen LogP contribution in [0, 0.1) is 5.92 Å². The summed E-state index contributed by atoms with van der Waals surface area (Å²) in [5.41, 5.74) is -0.532. The Morgan fingerprint density at radius 3 is 2.64 bits per heavy atom. The predicted molar refractivity (Wildman–Crippen MR) is 44.4 cm³/mol. The van der Waals surface area contributed by atoms with Crippen LogP contribution in [0.15, 0.2) is 0 Å². The maximum absolute atomic E-state index is 9.91. The van der Waals surface area contributed by atoms with Crippen molar-refractivity contribution in [1.82, 2.24) is 0 Å². The molecule has 0 spiro atoms. The molecule has 1 saturated heterocycles. The van der Waals surface area contributed by atoms with Crippen molar-refractivity contribution >= 4 is 0 Å². The third-order valence-electron chi connectivity index (χ3n) is 2.72. The molecule has 0 aliphatic carbocycles. The number of rotatable bonds is 4. The molecule has 1 heterocycles. The average Bonchev–Trinajstić information content (AvgIpc) is 2.69. The van der Waals surface area contributed by atoms with E-state index in [1.807, 2.05) is 6.92 Å². The van der Waals surface area contributed by atoms with Crippen molar-refractivity contribution in [2.75, 3.05) is 6.61 Å². The van der Waals surface area contributed by atoms with Gasteiger partial charge in [0.1, 0.15) is 0 Å². The van der Waals surface area contributed by atoms with Gasteiger partial charge in [0.05, 0.1) is 18.3 Å². The van der Waals surface area contributed by atoms with Crippen molar-refractivity contribution in [2.45, 2.75) is 45.3 Å². The lowest BCUT2D eigenvalue weighted by atomic mass is 9.85. The van der Waals surface area contributed by atoms with E-state index in [0.717, 1.165) is 19.4 Å². The minimum atomic E-state index is -0.532. The van der Waals surface area contributed by atoms with Gasteiger partial charge in [0.2, 0.25) is 0 Å². The number of hydrogen-bond donors (Lipinski definition) is 1. The van der Waals surface area contributed by atoms with E-state index in [2.05, 4.69) is 13.8 Å². The quantitative estimate of drug-likeness (QED) is 0.630. The molecule has 0 aromatic carbocycles. The predicted octanol–water partition coefficient (Wildman–Crippen LogP) is 1.57. The molecule has 66 valence electrons. The van der Waals surface area contributed by atoms with Crippen LogP contribution in [0.3, 0.4) is 0 Å². The van der Waals surface area contributed by atoms with Gasteiger partial charge in [-0.2, -0.15) is 0 Å². The second kappa shape index (κ2) is 3.11. The van der Waals surface area contributed by atoms with Crippen LogP contribution in [0.1, 0.15) is 33.6 Å². The molecule has 1 rings (SSSR count). The van der Waals surface area contributed by atoms with Gasteiger partial charge in [0.15, 0.2) is 0 Å². The molecule has 0 aromatic heterocycles. The third kappa shape index (κ3) is 2.46. The van der Waals surface area contributed by atoms with Gasteiger partial charge in [-0.25, -0.2) is 0 Å². The Kier molecular flexibility index (Phi) is 2.55. The Morgan fingerprint density at radius 2 is 2.27 bits per heavy atom. The zero-order valence-corrected chi connectivity index (χ0v) is 7.63.